The van der Waals surface area contributed by atoms with E-state index in [9.17, 15) is 4.79 Å². The Balaban J connectivity index is 2.69. The lowest BCUT2D eigenvalue weighted by molar-refractivity contribution is -0.118. The molecule has 1 rings (SSSR count). The first kappa shape index (κ1) is 13.0. The van der Waals surface area contributed by atoms with Crippen LogP contribution in [0.2, 0.25) is 0 Å². The van der Waals surface area contributed by atoms with E-state index in [1.165, 1.54) is 24.0 Å². The lowest BCUT2D eigenvalue weighted by Crippen LogP contribution is -2.08. The fourth-order valence-corrected chi connectivity index (χ4v) is 2.00. The smallest absolute Gasteiger partial charge is 0.137 e. The highest BCUT2D eigenvalue weighted by molar-refractivity contribution is 5.83. The Morgan fingerprint density at radius 3 is 2.31 bits per heavy atom. The van der Waals surface area contributed by atoms with Gasteiger partial charge in [-0.3, -0.25) is 4.79 Å². The van der Waals surface area contributed by atoms with Gasteiger partial charge in [0.25, 0.3) is 0 Å². The van der Waals surface area contributed by atoms with Crippen molar-refractivity contribution in [3.05, 3.63) is 35.4 Å². The van der Waals surface area contributed by atoms with Gasteiger partial charge in [-0.2, -0.15) is 0 Å². The van der Waals surface area contributed by atoms with E-state index in [4.69, 9.17) is 0 Å². The Kier molecular flexibility index (Phi) is 5.24. The molecule has 1 unspecified atom stereocenters. The molecule has 0 heterocycles. The van der Waals surface area contributed by atoms with E-state index in [1.807, 2.05) is 0 Å². The Morgan fingerprint density at radius 1 is 1.19 bits per heavy atom. The van der Waals surface area contributed by atoms with Crippen LogP contribution in [0.4, 0.5) is 0 Å². The van der Waals surface area contributed by atoms with Crippen molar-refractivity contribution in [2.45, 2.75) is 52.4 Å². The molecule has 16 heavy (non-hydrogen) atoms. The molecular formula is C15H22O. The topological polar surface area (TPSA) is 17.1 Å². The highest BCUT2D eigenvalue weighted by atomic mass is 16.1. The maximum Gasteiger partial charge on any atom is 0.137 e. The predicted octanol–water partition coefficient (Wildman–Crippen LogP) is 4.25. The molecule has 0 amide bonds. The first-order chi connectivity index (χ1) is 7.65. The largest absolute Gasteiger partial charge is 0.299 e. The van der Waals surface area contributed by atoms with Gasteiger partial charge >= 0.3 is 0 Å². The fourth-order valence-electron chi connectivity index (χ4n) is 2.00. The van der Waals surface area contributed by atoms with Crippen molar-refractivity contribution in [2.24, 2.45) is 0 Å². The van der Waals surface area contributed by atoms with Gasteiger partial charge in [-0.15, -0.1) is 0 Å². The van der Waals surface area contributed by atoms with Gasteiger partial charge in [-0.25, -0.2) is 0 Å². The number of Topliss-reactive ketones (excluding diaryl/α,β-unsaturated/α-hetero) is 1. The molecule has 1 aromatic carbocycles. The van der Waals surface area contributed by atoms with Crippen molar-refractivity contribution in [2.75, 3.05) is 0 Å². The number of carbonyl (C=O) groups excluding carboxylic acids is 1. The summed E-state index contributed by atoms with van der Waals surface area (Å²) >= 11 is 0. The minimum Gasteiger partial charge on any atom is -0.299 e. The van der Waals surface area contributed by atoms with Crippen molar-refractivity contribution in [3.63, 3.8) is 0 Å². The Morgan fingerprint density at radius 2 is 1.81 bits per heavy atom. The van der Waals surface area contributed by atoms with Crippen LogP contribution >= 0.6 is 0 Å². The van der Waals surface area contributed by atoms with Crippen LogP contribution < -0.4 is 0 Å². The van der Waals surface area contributed by atoms with Crippen LogP contribution in [0, 0.1) is 6.92 Å². The summed E-state index contributed by atoms with van der Waals surface area (Å²) in [7, 11) is 0. The zero-order valence-corrected chi connectivity index (χ0v) is 10.6. The van der Waals surface area contributed by atoms with E-state index >= 15 is 0 Å². The summed E-state index contributed by atoms with van der Waals surface area (Å²) in [6.07, 6.45) is 4.56. The van der Waals surface area contributed by atoms with Crippen LogP contribution in [0.15, 0.2) is 24.3 Å². The molecule has 0 spiro atoms. The third-order valence-corrected chi connectivity index (χ3v) is 3.07. The normalized spacial score (nSPS) is 12.4. The maximum absolute atomic E-state index is 11.6. The van der Waals surface area contributed by atoms with Gasteiger partial charge in [0.2, 0.25) is 0 Å². The number of hydrogen-bond acceptors (Lipinski definition) is 1. The second-order valence-corrected chi connectivity index (χ2v) is 4.57. The van der Waals surface area contributed by atoms with Crippen LogP contribution in [0.25, 0.3) is 0 Å². The average Bonchev–Trinajstić information content (AvgIpc) is 2.26. The third-order valence-electron chi connectivity index (χ3n) is 3.07. The molecule has 0 saturated heterocycles. The van der Waals surface area contributed by atoms with Crippen molar-refractivity contribution >= 4 is 5.78 Å². The van der Waals surface area contributed by atoms with E-state index in [-0.39, 0.29) is 5.92 Å². The van der Waals surface area contributed by atoms with Crippen LogP contribution in [0.5, 0.6) is 0 Å². The standard InChI is InChI=1S/C15H22O/c1-4-5-6-7-15(13(3)16)14-10-8-12(2)9-11-14/h8-11,15H,4-7H2,1-3H3. The highest BCUT2D eigenvalue weighted by Gasteiger charge is 2.15. The SMILES string of the molecule is CCCCCC(C(C)=O)c1ccc(C)cc1. The van der Waals surface area contributed by atoms with E-state index in [2.05, 4.69) is 38.1 Å². The molecule has 1 heteroatoms. The van der Waals surface area contributed by atoms with Crippen molar-refractivity contribution in [3.8, 4) is 0 Å². The van der Waals surface area contributed by atoms with E-state index in [0.29, 0.717) is 5.78 Å². The predicted molar refractivity (Wildman–Crippen MR) is 68.7 cm³/mol. The van der Waals surface area contributed by atoms with Gasteiger partial charge in [-0.05, 0) is 25.8 Å². The lowest BCUT2D eigenvalue weighted by Gasteiger charge is -2.14. The number of hydrogen-bond donors (Lipinski definition) is 0. The molecule has 1 nitrogen and oxygen atoms in total. The number of rotatable bonds is 6. The molecular weight excluding hydrogens is 196 g/mol. The third kappa shape index (κ3) is 3.80. The molecule has 1 aromatic rings. The molecule has 0 saturated carbocycles. The number of benzene rings is 1. The van der Waals surface area contributed by atoms with Crippen LogP contribution in [0.1, 0.15) is 56.6 Å². The summed E-state index contributed by atoms with van der Waals surface area (Å²) in [5, 5.41) is 0. The maximum atomic E-state index is 11.6. The first-order valence-corrected chi connectivity index (χ1v) is 6.22. The zero-order chi connectivity index (χ0) is 12.0. The van der Waals surface area contributed by atoms with Crippen molar-refractivity contribution in [1.82, 2.24) is 0 Å². The second-order valence-electron chi connectivity index (χ2n) is 4.57. The molecule has 0 aliphatic heterocycles. The fraction of sp³-hybridized carbons (Fsp3) is 0.533. The molecule has 0 aliphatic rings. The Bertz CT molecular complexity index is 324. The van der Waals surface area contributed by atoms with Crippen molar-refractivity contribution < 1.29 is 4.79 Å². The number of aryl methyl sites for hydroxylation is 1. The molecule has 0 bridgehead atoms. The van der Waals surface area contributed by atoms with Crippen LogP contribution in [-0.4, -0.2) is 5.78 Å². The van der Waals surface area contributed by atoms with Gasteiger partial charge in [0, 0.05) is 5.92 Å². The van der Waals surface area contributed by atoms with Gasteiger partial charge in [0.15, 0.2) is 0 Å². The number of carbonyl (C=O) groups is 1. The number of ketones is 1. The Hall–Kier alpha value is -1.11. The molecule has 0 N–H and O–H groups in total. The molecule has 1 atom stereocenters. The quantitative estimate of drug-likeness (QED) is 0.652. The van der Waals surface area contributed by atoms with Crippen LogP contribution in [-0.2, 0) is 4.79 Å². The summed E-state index contributed by atoms with van der Waals surface area (Å²) in [6.45, 7) is 5.97. The Labute approximate surface area is 98.9 Å². The summed E-state index contributed by atoms with van der Waals surface area (Å²) in [6, 6.07) is 8.36. The van der Waals surface area contributed by atoms with Crippen LogP contribution in [0.3, 0.4) is 0 Å². The summed E-state index contributed by atoms with van der Waals surface area (Å²) in [5.74, 6) is 0.395. The van der Waals surface area contributed by atoms with Gasteiger partial charge < -0.3 is 0 Å². The van der Waals surface area contributed by atoms with E-state index < -0.39 is 0 Å². The molecule has 0 aliphatic carbocycles. The minimum absolute atomic E-state index is 0.104. The van der Waals surface area contributed by atoms with Gasteiger partial charge in [0.1, 0.15) is 5.78 Å². The molecule has 0 radical (unpaired) electrons. The second kappa shape index (κ2) is 6.47. The highest BCUT2D eigenvalue weighted by Crippen LogP contribution is 2.23. The summed E-state index contributed by atoms with van der Waals surface area (Å²) < 4.78 is 0. The number of unbranched alkanes of at least 4 members (excludes halogenated alkanes) is 2. The first-order valence-electron chi connectivity index (χ1n) is 6.22. The van der Waals surface area contributed by atoms with E-state index in [1.54, 1.807) is 6.92 Å². The average molecular weight is 218 g/mol. The summed E-state index contributed by atoms with van der Waals surface area (Å²) in [4.78, 5) is 11.6. The van der Waals surface area contributed by atoms with Crippen molar-refractivity contribution in [1.29, 1.82) is 0 Å². The van der Waals surface area contributed by atoms with Gasteiger partial charge in [-0.1, -0.05) is 56.0 Å². The lowest BCUT2D eigenvalue weighted by atomic mass is 9.90. The molecule has 0 fully saturated rings. The monoisotopic (exact) mass is 218 g/mol. The van der Waals surface area contributed by atoms with Gasteiger partial charge in [0.05, 0.1) is 0 Å². The molecule has 0 aromatic heterocycles. The zero-order valence-electron chi connectivity index (χ0n) is 10.6. The summed E-state index contributed by atoms with van der Waals surface area (Å²) in [5.41, 5.74) is 2.42. The van der Waals surface area contributed by atoms with E-state index in [0.717, 1.165) is 12.8 Å². The molecule has 88 valence electrons. The minimum atomic E-state index is 0.104.